The molecular weight excluding hydrogens is 391 g/mol. The zero-order valence-electron chi connectivity index (χ0n) is 16.3. The number of aromatic nitrogens is 4. The van der Waals surface area contributed by atoms with Crippen LogP contribution in [0.5, 0.6) is 0 Å². The van der Waals surface area contributed by atoms with Crippen molar-refractivity contribution >= 4 is 17.0 Å². The van der Waals surface area contributed by atoms with Crippen LogP contribution in [0.1, 0.15) is 24.5 Å². The maximum absolute atomic E-state index is 12.8. The molecule has 0 amide bonds. The SMILES string of the molecule is CCCNc1nc(-c2ccccc2)nc2c1ncn2Cc1ccc(C(F)(F)F)cc1. The minimum Gasteiger partial charge on any atom is -0.368 e. The van der Waals surface area contributed by atoms with Gasteiger partial charge in [0.15, 0.2) is 17.3 Å². The van der Waals surface area contributed by atoms with E-state index in [9.17, 15) is 13.2 Å². The van der Waals surface area contributed by atoms with Crippen LogP contribution in [0.15, 0.2) is 60.9 Å². The smallest absolute Gasteiger partial charge is 0.368 e. The molecule has 0 bridgehead atoms. The summed E-state index contributed by atoms with van der Waals surface area (Å²) in [5, 5.41) is 3.30. The molecule has 0 saturated carbocycles. The van der Waals surface area contributed by atoms with E-state index in [0.29, 0.717) is 29.4 Å². The quantitative estimate of drug-likeness (QED) is 0.463. The molecule has 30 heavy (non-hydrogen) atoms. The molecule has 5 nitrogen and oxygen atoms in total. The van der Waals surface area contributed by atoms with Crippen molar-refractivity contribution in [1.29, 1.82) is 0 Å². The third kappa shape index (κ3) is 4.12. The molecule has 2 aromatic carbocycles. The first kappa shape index (κ1) is 19.9. The first-order chi connectivity index (χ1) is 14.5. The van der Waals surface area contributed by atoms with E-state index in [2.05, 4.69) is 22.2 Å². The number of hydrogen-bond acceptors (Lipinski definition) is 4. The van der Waals surface area contributed by atoms with E-state index in [1.54, 1.807) is 6.33 Å². The summed E-state index contributed by atoms with van der Waals surface area (Å²) < 4.78 is 40.3. The number of anilines is 1. The van der Waals surface area contributed by atoms with Crippen molar-refractivity contribution in [2.24, 2.45) is 0 Å². The highest BCUT2D eigenvalue weighted by atomic mass is 19.4. The number of rotatable bonds is 6. The van der Waals surface area contributed by atoms with E-state index >= 15 is 0 Å². The van der Waals surface area contributed by atoms with Gasteiger partial charge >= 0.3 is 6.18 Å². The fourth-order valence-electron chi connectivity index (χ4n) is 3.14. The monoisotopic (exact) mass is 411 g/mol. The molecule has 0 spiro atoms. The summed E-state index contributed by atoms with van der Waals surface area (Å²) in [6.45, 7) is 3.16. The molecule has 2 aromatic heterocycles. The number of benzene rings is 2. The van der Waals surface area contributed by atoms with Gasteiger partial charge in [-0.25, -0.2) is 15.0 Å². The van der Waals surface area contributed by atoms with Crippen molar-refractivity contribution in [3.05, 3.63) is 72.1 Å². The van der Waals surface area contributed by atoms with Crippen LogP contribution in [0.4, 0.5) is 19.0 Å². The average molecular weight is 411 g/mol. The van der Waals surface area contributed by atoms with Gasteiger partial charge in [0.1, 0.15) is 5.52 Å². The third-order valence-corrected chi connectivity index (χ3v) is 4.67. The summed E-state index contributed by atoms with van der Waals surface area (Å²) in [6, 6.07) is 14.8. The second kappa shape index (κ2) is 8.14. The van der Waals surface area contributed by atoms with Crippen LogP contribution in [0.2, 0.25) is 0 Å². The highest BCUT2D eigenvalue weighted by molar-refractivity contribution is 5.85. The fourth-order valence-corrected chi connectivity index (χ4v) is 3.14. The van der Waals surface area contributed by atoms with Crippen LogP contribution in [-0.4, -0.2) is 26.1 Å². The van der Waals surface area contributed by atoms with Crippen LogP contribution >= 0.6 is 0 Å². The standard InChI is InChI=1S/C22H20F3N5/c1-2-12-26-20-18-21(29-19(28-20)16-6-4-3-5-7-16)30(14-27-18)13-15-8-10-17(11-9-15)22(23,24)25/h3-11,14H,2,12-13H2,1H3,(H,26,28,29). The van der Waals surface area contributed by atoms with Gasteiger partial charge in [-0.05, 0) is 24.1 Å². The molecule has 0 aliphatic heterocycles. The lowest BCUT2D eigenvalue weighted by Crippen LogP contribution is -2.07. The van der Waals surface area contributed by atoms with Crippen LogP contribution in [0.25, 0.3) is 22.6 Å². The van der Waals surface area contributed by atoms with Crippen molar-refractivity contribution in [2.75, 3.05) is 11.9 Å². The summed E-state index contributed by atoms with van der Waals surface area (Å²) in [7, 11) is 0. The van der Waals surface area contributed by atoms with Gasteiger partial charge in [-0.3, -0.25) is 0 Å². The van der Waals surface area contributed by atoms with Crippen LogP contribution in [0.3, 0.4) is 0 Å². The van der Waals surface area contributed by atoms with Gasteiger partial charge in [0.25, 0.3) is 0 Å². The Labute approximate surface area is 171 Å². The van der Waals surface area contributed by atoms with Gasteiger partial charge in [0.2, 0.25) is 0 Å². The molecule has 2 heterocycles. The first-order valence-electron chi connectivity index (χ1n) is 9.64. The molecular formula is C22H20F3N5. The Balaban J connectivity index is 1.73. The van der Waals surface area contributed by atoms with E-state index in [-0.39, 0.29) is 0 Å². The van der Waals surface area contributed by atoms with Crippen molar-refractivity contribution in [3.63, 3.8) is 0 Å². The Morgan fingerprint density at radius 2 is 1.70 bits per heavy atom. The predicted molar refractivity (Wildman–Crippen MR) is 110 cm³/mol. The minimum atomic E-state index is -4.35. The molecule has 0 fully saturated rings. The van der Waals surface area contributed by atoms with Gasteiger partial charge in [0.05, 0.1) is 18.4 Å². The highest BCUT2D eigenvalue weighted by Crippen LogP contribution is 2.29. The Kier molecular flexibility index (Phi) is 5.39. The summed E-state index contributed by atoms with van der Waals surface area (Å²) in [5.74, 6) is 1.21. The van der Waals surface area contributed by atoms with Gasteiger partial charge in [0, 0.05) is 12.1 Å². The second-order valence-corrected chi connectivity index (χ2v) is 6.93. The maximum Gasteiger partial charge on any atom is 0.416 e. The van der Waals surface area contributed by atoms with E-state index < -0.39 is 11.7 Å². The van der Waals surface area contributed by atoms with Crippen molar-refractivity contribution in [1.82, 2.24) is 19.5 Å². The summed E-state index contributed by atoms with van der Waals surface area (Å²) >= 11 is 0. The van der Waals surface area contributed by atoms with Crippen LogP contribution in [0, 0.1) is 0 Å². The zero-order chi connectivity index (χ0) is 21.1. The van der Waals surface area contributed by atoms with Crippen molar-refractivity contribution < 1.29 is 13.2 Å². The average Bonchev–Trinajstić information content (AvgIpc) is 3.15. The number of fused-ring (bicyclic) bond motifs is 1. The number of nitrogens with zero attached hydrogens (tertiary/aromatic N) is 4. The maximum atomic E-state index is 12.8. The van der Waals surface area contributed by atoms with Gasteiger partial charge in [-0.2, -0.15) is 13.2 Å². The molecule has 4 aromatic rings. The zero-order valence-corrected chi connectivity index (χ0v) is 16.3. The molecule has 0 aliphatic carbocycles. The van der Waals surface area contributed by atoms with Crippen molar-refractivity contribution in [3.8, 4) is 11.4 Å². The van der Waals surface area contributed by atoms with Crippen LogP contribution in [-0.2, 0) is 12.7 Å². The minimum absolute atomic E-state index is 0.354. The van der Waals surface area contributed by atoms with E-state index in [0.717, 1.165) is 36.2 Å². The number of nitrogens with one attached hydrogen (secondary N) is 1. The van der Waals surface area contributed by atoms with Gasteiger partial charge in [-0.15, -0.1) is 0 Å². The Morgan fingerprint density at radius 1 is 0.967 bits per heavy atom. The topological polar surface area (TPSA) is 55.6 Å². The Hall–Kier alpha value is -3.42. The summed E-state index contributed by atoms with van der Waals surface area (Å²) in [5.41, 5.74) is 2.20. The van der Waals surface area contributed by atoms with Gasteiger partial charge in [-0.1, -0.05) is 49.4 Å². The lowest BCUT2D eigenvalue weighted by molar-refractivity contribution is -0.137. The lowest BCUT2D eigenvalue weighted by Gasteiger charge is -2.10. The third-order valence-electron chi connectivity index (χ3n) is 4.67. The molecule has 0 saturated heterocycles. The molecule has 0 aliphatic rings. The van der Waals surface area contributed by atoms with Crippen LogP contribution < -0.4 is 5.32 Å². The highest BCUT2D eigenvalue weighted by Gasteiger charge is 2.29. The number of alkyl halides is 3. The normalized spacial score (nSPS) is 11.7. The Bertz CT molecular complexity index is 1140. The lowest BCUT2D eigenvalue weighted by atomic mass is 10.1. The second-order valence-electron chi connectivity index (χ2n) is 6.93. The number of hydrogen-bond donors (Lipinski definition) is 1. The fraction of sp³-hybridized carbons (Fsp3) is 0.227. The molecule has 4 rings (SSSR count). The van der Waals surface area contributed by atoms with E-state index in [1.807, 2.05) is 34.9 Å². The molecule has 0 radical (unpaired) electrons. The molecule has 154 valence electrons. The summed E-state index contributed by atoms with van der Waals surface area (Å²) in [4.78, 5) is 13.8. The molecule has 8 heteroatoms. The molecule has 1 N–H and O–H groups in total. The van der Waals surface area contributed by atoms with Gasteiger partial charge < -0.3 is 9.88 Å². The molecule has 0 unspecified atom stereocenters. The predicted octanol–water partition coefficient (Wildman–Crippen LogP) is 5.38. The van der Waals surface area contributed by atoms with Crippen molar-refractivity contribution in [2.45, 2.75) is 26.1 Å². The Morgan fingerprint density at radius 3 is 2.37 bits per heavy atom. The largest absolute Gasteiger partial charge is 0.416 e. The molecule has 0 atom stereocenters. The number of imidazole rings is 1. The number of halogens is 3. The van der Waals surface area contributed by atoms with E-state index in [1.165, 1.54) is 12.1 Å². The van der Waals surface area contributed by atoms with E-state index in [4.69, 9.17) is 4.98 Å². The summed E-state index contributed by atoms with van der Waals surface area (Å²) in [6.07, 6.45) is -1.78. The first-order valence-corrected chi connectivity index (χ1v) is 9.64.